The highest BCUT2D eigenvalue weighted by molar-refractivity contribution is 5.82. The minimum Gasteiger partial charge on any atom is -0.482 e. The molecule has 0 aliphatic carbocycles. The molecule has 0 aromatic carbocycles. The van der Waals surface area contributed by atoms with Crippen LogP contribution in [0.3, 0.4) is 0 Å². The lowest BCUT2D eigenvalue weighted by molar-refractivity contribution is -0.137. The molecular formula is C10H14O3. The van der Waals surface area contributed by atoms with Crippen molar-refractivity contribution in [2.45, 2.75) is 26.9 Å². The fraction of sp³-hybridized carbons (Fsp3) is 0.500. The lowest BCUT2D eigenvalue weighted by Crippen LogP contribution is -2.06. The molecule has 0 aromatic rings. The van der Waals surface area contributed by atoms with Crippen LogP contribution in [0.2, 0.25) is 0 Å². The molecule has 3 nitrogen and oxygen atoms in total. The van der Waals surface area contributed by atoms with E-state index in [0.717, 1.165) is 0 Å². The third-order valence-electron chi connectivity index (χ3n) is 1.21. The van der Waals surface area contributed by atoms with Gasteiger partial charge in [-0.15, -0.1) is 6.42 Å². The highest BCUT2D eigenvalue weighted by Gasteiger charge is 2.01. The molecule has 72 valence electrons. The maximum atomic E-state index is 10.9. The minimum absolute atomic E-state index is 0.328. The van der Waals surface area contributed by atoms with Crippen molar-refractivity contribution in [3.8, 4) is 12.3 Å². The van der Waals surface area contributed by atoms with Gasteiger partial charge in [0, 0.05) is 0 Å². The predicted molar refractivity (Wildman–Crippen MR) is 49.8 cm³/mol. The van der Waals surface area contributed by atoms with Crippen LogP contribution in [0.25, 0.3) is 0 Å². The van der Waals surface area contributed by atoms with Crippen molar-refractivity contribution in [1.82, 2.24) is 0 Å². The van der Waals surface area contributed by atoms with Crippen molar-refractivity contribution < 1.29 is 14.3 Å². The van der Waals surface area contributed by atoms with Gasteiger partial charge in [0.2, 0.25) is 0 Å². The second kappa shape index (κ2) is 6.13. The third-order valence-corrected chi connectivity index (χ3v) is 1.21. The van der Waals surface area contributed by atoms with Gasteiger partial charge in [-0.05, 0) is 20.8 Å². The first kappa shape index (κ1) is 11.6. The number of carbonyl (C=O) groups is 1. The monoisotopic (exact) mass is 182 g/mol. The van der Waals surface area contributed by atoms with Gasteiger partial charge in [0.1, 0.15) is 5.76 Å². The molecule has 0 unspecified atom stereocenters. The SMILES string of the molecule is C#C[C@@H](C)O/C(C)=C/C(=O)OCC. The van der Waals surface area contributed by atoms with Gasteiger partial charge in [-0.2, -0.15) is 0 Å². The van der Waals surface area contributed by atoms with Gasteiger partial charge in [-0.25, -0.2) is 4.79 Å². The average molecular weight is 182 g/mol. The summed E-state index contributed by atoms with van der Waals surface area (Å²) in [6.45, 7) is 5.48. The third kappa shape index (κ3) is 5.80. The number of carbonyl (C=O) groups excluding carboxylic acids is 1. The smallest absolute Gasteiger partial charge is 0.334 e. The Morgan fingerprint density at radius 2 is 2.31 bits per heavy atom. The Morgan fingerprint density at radius 1 is 1.69 bits per heavy atom. The minimum atomic E-state index is -0.413. The molecule has 0 saturated carbocycles. The zero-order chi connectivity index (χ0) is 10.3. The van der Waals surface area contributed by atoms with Gasteiger partial charge in [-0.1, -0.05) is 5.92 Å². The second-order valence-electron chi connectivity index (χ2n) is 2.43. The van der Waals surface area contributed by atoms with Crippen molar-refractivity contribution in [3.63, 3.8) is 0 Å². The number of terminal acetylenes is 1. The highest BCUT2D eigenvalue weighted by Crippen LogP contribution is 2.00. The summed E-state index contributed by atoms with van der Waals surface area (Å²) in [7, 11) is 0. The number of allylic oxidation sites excluding steroid dienone is 1. The molecule has 0 radical (unpaired) electrons. The molecule has 0 heterocycles. The maximum Gasteiger partial charge on any atom is 0.334 e. The van der Waals surface area contributed by atoms with E-state index < -0.39 is 5.97 Å². The van der Waals surface area contributed by atoms with E-state index in [1.807, 2.05) is 0 Å². The van der Waals surface area contributed by atoms with Gasteiger partial charge in [-0.3, -0.25) is 0 Å². The first-order valence-electron chi connectivity index (χ1n) is 4.08. The first-order chi connectivity index (χ1) is 6.10. The van der Waals surface area contributed by atoms with Gasteiger partial charge >= 0.3 is 5.97 Å². The Kier molecular flexibility index (Phi) is 5.45. The van der Waals surface area contributed by atoms with E-state index >= 15 is 0 Å². The Labute approximate surface area is 78.7 Å². The molecule has 0 aromatic heterocycles. The molecule has 3 heteroatoms. The van der Waals surface area contributed by atoms with Crippen molar-refractivity contribution in [2.75, 3.05) is 6.61 Å². The Hall–Kier alpha value is -1.43. The van der Waals surface area contributed by atoms with E-state index in [9.17, 15) is 4.79 Å². The van der Waals surface area contributed by atoms with Crippen LogP contribution >= 0.6 is 0 Å². The lowest BCUT2D eigenvalue weighted by atomic mass is 10.4. The highest BCUT2D eigenvalue weighted by atomic mass is 16.5. The van der Waals surface area contributed by atoms with Crippen LogP contribution in [0.4, 0.5) is 0 Å². The molecule has 0 aliphatic rings. The summed E-state index contributed by atoms with van der Waals surface area (Å²) in [6, 6.07) is 0. The normalized spacial score (nSPS) is 12.9. The van der Waals surface area contributed by atoms with Crippen LogP contribution in [-0.4, -0.2) is 18.7 Å². The zero-order valence-corrected chi connectivity index (χ0v) is 8.16. The van der Waals surface area contributed by atoms with Gasteiger partial charge in [0.05, 0.1) is 12.7 Å². The molecule has 13 heavy (non-hydrogen) atoms. The summed E-state index contributed by atoms with van der Waals surface area (Å²) < 4.78 is 9.82. The number of hydrogen-bond donors (Lipinski definition) is 0. The van der Waals surface area contributed by atoms with Gasteiger partial charge < -0.3 is 9.47 Å². The van der Waals surface area contributed by atoms with Gasteiger partial charge in [0.15, 0.2) is 6.10 Å². The molecule has 0 spiro atoms. The summed E-state index contributed by atoms with van der Waals surface area (Å²) in [5, 5.41) is 0. The molecule has 0 aliphatic heterocycles. The first-order valence-corrected chi connectivity index (χ1v) is 4.08. The Bertz CT molecular complexity index is 235. The van der Waals surface area contributed by atoms with Crippen LogP contribution < -0.4 is 0 Å². The topological polar surface area (TPSA) is 35.5 Å². The van der Waals surface area contributed by atoms with E-state index in [4.69, 9.17) is 11.2 Å². The standard InChI is InChI=1S/C10H14O3/c1-5-8(3)13-9(4)7-10(11)12-6-2/h1,7-8H,6H2,2-4H3/b9-7+/t8-/m1/s1. The van der Waals surface area contributed by atoms with Crippen LogP contribution in [0.5, 0.6) is 0 Å². The second-order valence-corrected chi connectivity index (χ2v) is 2.43. The maximum absolute atomic E-state index is 10.9. The molecular weight excluding hydrogens is 168 g/mol. The van der Waals surface area contributed by atoms with E-state index in [-0.39, 0.29) is 6.10 Å². The molecule has 0 rings (SSSR count). The number of ether oxygens (including phenoxy) is 2. The number of hydrogen-bond acceptors (Lipinski definition) is 3. The van der Waals surface area contributed by atoms with Crippen LogP contribution in [0.15, 0.2) is 11.8 Å². The lowest BCUT2D eigenvalue weighted by Gasteiger charge is -2.08. The summed E-state index contributed by atoms with van der Waals surface area (Å²) in [5.41, 5.74) is 0. The summed E-state index contributed by atoms with van der Waals surface area (Å²) in [4.78, 5) is 10.9. The zero-order valence-electron chi connectivity index (χ0n) is 8.16. The van der Waals surface area contributed by atoms with Crippen molar-refractivity contribution >= 4 is 5.97 Å². The number of rotatable bonds is 4. The Morgan fingerprint density at radius 3 is 2.77 bits per heavy atom. The summed E-state index contributed by atoms with van der Waals surface area (Å²) in [5.74, 6) is 2.44. The molecule has 0 amide bonds. The summed E-state index contributed by atoms with van der Waals surface area (Å²) in [6.07, 6.45) is 6.04. The summed E-state index contributed by atoms with van der Waals surface area (Å²) >= 11 is 0. The van der Waals surface area contributed by atoms with Crippen LogP contribution in [0.1, 0.15) is 20.8 Å². The van der Waals surface area contributed by atoms with E-state index in [2.05, 4.69) is 10.7 Å². The quantitative estimate of drug-likeness (QED) is 0.286. The molecule has 0 fully saturated rings. The van der Waals surface area contributed by atoms with Crippen molar-refractivity contribution in [2.24, 2.45) is 0 Å². The fourth-order valence-corrected chi connectivity index (χ4v) is 0.697. The van der Waals surface area contributed by atoms with Crippen molar-refractivity contribution in [1.29, 1.82) is 0 Å². The molecule has 1 atom stereocenters. The van der Waals surface area contributed by atoms with E-state index in [0.29, 0.717) is 12.4 Å². The molecule has 0 N–H and O–H groups in total. The number of esters is 1. The largest absolute Gasteiger partial charge is 0.482 e. The molecule has 0 bridgehead atoms. The predicted octanol–water partition coefficient (Wildman–Crippen LogP) is 1.49. The fourth-order valence-electron chi connectivity index (χ4n) is 0.697. The van der Waals surface area contributed by atoms with Crippen LogP contribution in [-0.2, 0) is 14.3 Å². The van der Waals surface area contributed by atoms with Crippen LogP contribution in [0, 0.1) is 12.3 Å². The Balaban J connectivity index is 4.02. The van der Waals surface area contributed by atoms with Gasteiger partial charge in [0.25, 0.3) is 0 Å². The van der Waals surface area contributed by atoms with E-state index in [1.54, 1.807) is 20.8 Å². The average Bonchev–Trinajstić information content (AvgIpc) is 2.04. The van der Waals surface area contributed by atoms with Crippen molar-refractivity contribution in [3.05, 3.63) is 11.8 Å². The molecule has 0 saturated heterocycles. The van der Waals surface area contributed by atoms with E-state index in [1.165, 1.54) is 6.08 Å².